The molecule has 0 spiro atoms. The van der Waals surface area contributed by atoms with E-state index in [4.69, 9.17) is 16.9 Å². The molecule has 0 radical (unpaired) electrons. The van der Waals surface area contributed by atoms with E-state index in [0.717, 1.165) is 4.90 Å². The van der Waals surface area contributed by atoms with Crippen molar-refractivity contribution in [3.63, 3.8) is 0 Å². The lowest BCUT2D eigenvalue weighted by Crippen LogP contribution is -1.91. The highest BCUT2D eigenvalue weighted by Crippen LogP contribution is 2.26. The molecule has 0 amide bonds. The van der Waals surface area contributed by atoms with Gasteiger partial charge in [0.2, 0.25) is 0 Å². The molecule has 4 nitrogen and oxygen atoms in total. The molecule has 0 aromatic heterocycles. The van der Waals surface area contributed by atoms with Gasteiger partial charge in [-0.25, -0.2) is 0 Å². The van der Waals surface area contributed by atoms with Gasteiger partial charge in [0.25, 0.3) is 5.69 Å². The van der Waals surface area contributed by atoms with Crippen LogP contribution in [0.15, 0.2) is 23.1 Å². The highest BCUT2D eigenvalue weighted by molar-refractivity contribution is 7.99. The zero-order chi connectivity index (χ0) is 11.3. The van der Waals surface area contributed by atoms with Gasteiger partial charge in [-0.2, -0.15) is 5.26 Å². The number of alkyl halides is 1. The highest BCUT2D eigenvalue weighted by Gasteiger charge is 2.10. The number of hydrogen-bond acceptors (Lipinski definition) is 4. The van der Waals surface area contributed by atoms with Crippen molar-refractivity contribution < 1.29 is 4.92 Å². The maximum Gasteiger partial charge on any atom is 0.270 e. The number of nitrogens with zero attached hydrogens (tertiary/aromatic N) is 2. The Morgan fingerprint density at radius 1 is 1.60 bits per heavy atom. The molecule has 0 atom stereocenters. The van der Waals surface area contributed by atoms with Gasteiger partial charge in [0.05, 0.1) is 10.5 Å². The first-order valence-electron chi connectivity index (χ1n) is 4.06. The van der Waals surface area contributed by atoms with Crippen molar-refractivity contribution in [1.29, 1.82) is 5.26 Å². The number of rotatable bonds is 4. The molecule has 0 heterocycles. The highest BCUT2D eigenvalue weighted by atomic mass is 35.5. The van der Waals surface area contributed by atoms with E-state index in [2.05, 4.69) is 0 Å². The van der Waals surface area contributed by atoms with Crippen LogP contribution in [0.3, 0.4) is 0 Å². The summed E-state index contributed by atoms with van der Waals surface area (Å²) < 4.78 is 0. The van der Waals surface area contributed by atoms with Crippen LogP contribution in [0.5, 0.6) is 0 Å². The van der Waals surface area contributed by atoms with Crippen molar-refractivity contribution in [1.82, 2.24) is 0 Å². The van der Waals surface area contributed by atoms with Crippen molar-refractivity contribution >= 4 is 29.1 Å². The van der Waals surface area contributed by atoms with E-state index >= 15 is 0 Å². The van der Waals surface area contributed by atoms with E-state index in [1.807, 2.05) is 6.07 Å². The smallest absolute Gasteiger partial charge is 0.258 e. The first kappa shape index (κ1) is 11.8. The zero-order valence-corrected chi connectivity index (χ0v) is 9.22. The minimum atomic E-state index is -0.517. The molecule has 0 saturated heterocycles. The molecule has 0 N–H and O–H groups in total. The fourth-order valence-corrected chi connectivity index (χ4v) is 1.95. The molecule has 0 aliphatic carbocycles. The molecule has 6 heteroatoms. The lowest BCUT2D eigenvalue weighted by Gasteiger charge is -2.01. The number of thioether (sulfide) groups is 1. The van der Waals surface area contributed by atoms with Gasteiger partial charge in [-0.3, -0.25) is 10.1 Å². The van der Waals surface area contributed by atoms with Crippen LogP contribution in [0.2, 0.25) is 0 Å². The molecule has 0 aliphatic rings. The van der Waals surface area contributed by atoms with E-state index in [0.29, 0.717) is 17.2 Å². The van der Waals surface area contributed by atoms with Crippen LogP contribution >= 0.6 is 23.4 Å². The van der Waals surface area contributed by atoms with Gasteiger partial charge in [-0.05, 0) is 6.07 Å². The molecule has 1 aromatic rings. The summed E-state index contributed by atoms with van der Waals surface area (Å²) in [6, 6.07) is 6.17. The molecule has 1 aromatic carbocycles. The summed E-state index contributed by atoms with van der Waals surface area (Å²) in [7, 11) is 0. The summed E-state index contributed by atoms with van der Waals surface area (Å²) in [6.45, 7) is 0. The molecule has 0 fully saturated rings. The van der Waals surface area contributed by atoms with E-state index in [1.54, 1.807) is 6.07 Å². The largest absolute Gasteiger partial charge is 0.270 e. The Morgan fingerprint density at radius 2 is 2.33 bits per heavy atom. The van der Waals surface area contributed by atoms with Crippen LogP contribution in [0, 0.1) is 21.4 Å². The monoisotopic (exact) mass is 242 g/mol. The number of non-ortho nitro benzene ring substituents is 1. The second-order valence-electron chi connectivity index (χ2n) is 2.59. The van der Waals surface area contributed by atoms with Crippen LogP contribution in [0.1, 0.15) is 5.56 Å². The van der Waals surface area contributed by atoms with E-state index in [-0.39, 0.29) is 5.69 Å². The maximum atomic E-state index is 10.5. The van der Waals surface area contributed by atoms with Crippen molar-refractivity contribution in [2.45, 2.75) is 4.90 Å². The Bertz CT molecular complexity index is 417. The standard InChI is InChI=1S/C9H7ClN2O2S/c10-3-4-15-9-2-1-8(12(13)14)5-7(9)6-11/h1-2,5H,3-4H2. The van der Waals surface area contributed by atoms with Crippen molar-refractivity contribution in [3.05, 3.63) is 33.9 Å². The van der Waals surface area contributed by atoms with E-state index < -0.39 is 4.92 Å². The fourth-order valence-electron chi connectivity index (χ4n) is 0.993. The molecular weight excluding hydrogens is 236 g/mol. The molecular formula is C9H7ClN2O2S. The predicted molar refractivity (Wildman–Crippen MR) is 59.3 cm³/mol. The van der Waals surface area contributed by atoms with Crippen LogP contribution < -0.4 is 0 Å². The average molecular weight is 243 g/mol. The van der Waals surface area contributed by atoms with Crippen molar-refractivity contribution in [3.8, 4) is 6.07 Å². The van der Waals surface area contributed by atoms with Crippen molar-refractivity contribution in [2.24, 2.45) is 0 Å². The summed E-state index contributed by atoms with van der Waals surface area (Å²) in [5, 5.41) is 19.3. The lowest BCUT2D eigenvalue weighted by atomic mass is 10.2. The third kappa shape index (κ3) is 3.11. The molecule has 1 rings (SSSR count). The van der Waals surface area contributed by atoms with Gasteiger partial charge in [0.15, 0.2) is 0 Å². The number of nitro groups is 1. The van der Waals surface area contributed by atoms with Gasteiger partial charge in [-0.15, -0.1) is 23.4 Å². The Balaban J connectivity index is 3.00. The van der Waals surface area contributed by atoms with Gasteiger partial charge in [0, 0.05) is 28.7 Å². The minimum absolute atomic E-state index is 0.0678. The minimum Gasteiger partial charge on any atom is -0.258 e. The predicted octanol–water partition coefficient (Wildman–Crippen LogP) is 2.80. The van der Waals surface area contributed by atoms with Crippen LogP contribution in [-0.2, 0) is 0 Å². The second-order valence-corrected chi connectivity index (χ2v) is 4.10. The second kappa shape index (κ2) is 5.59. The molecule has 15 heavy (non-hydrogen) atoms. The first-order valence-corrected chi connectivity index (χ1v) is 5.58. The summed E-state index contributed by atoms with van der Waals surface area (Å²) in [5.41, 5.74) is 0.251. The van der Waals surface area contributed by atoms with Crippen molar-refractivity contribution in [2.75, 3.05) is 11.6 Å². The maximum absolute atomic E-state index is 10.5. The number of hydrogen-bond donors (Lipinski definition) is 0. The Kier molecular flexibility index (Phi) is 4.40. The third-order valence-electron chi connectivity index (χ3n) is 1.63. The molecule has 0 saturated carbocycles. The first-order chi connectivity index (χ1) is 7.19. The van der Waals surface area contributed by atoms with E-state index in [9.17, 15) is 10.1 Å². The van der Waals surface area contributed by atoms with Gasteiger partial charge >= 0.3 is 0 Å². The fraction of sp³-hybridized carbons (Fsp3) is 0.222. The lowest BCUT2D eigenvalue weighted by molar-refractivity contribution is -0.384. The summed E-state index contributed by atoms with van der Waals surface area (Å²) in [5.74, 6) is 1.15. The molecule has 0 bridgehead atoms. The number of nitriles is 1. The molecule has 0 aliphatic heterocycles. The Hall–Kier alpha value is -1.25. The van der Waals surface area contributed by atoms with Gasteiger partial charge in [0.1, 0.15) is 6.07 Å². The summed E-state index contributed by atoms with van der Waals surface area (Å²) in [4.78, 5) is 10.7. The summed E-state index contributed by atoms with van der Waals surface area (Å²) in [6.07, 6.45) is 0. The normalized spacial score (nSPS) is 9.60. The van der Waals surface area contributed by atoms with Crippen LogP contribution in [0.4, 0.5) is 5.69 Å². The number of nitro benzene ring substituents is 1. The quantitative estimate of drug-likeness (QED) is 0.352. The number of halogens is 1. The Morgan fingerprint density at radius 3 is 2.87 bits per heavy atom. The molecule has 0 unspecified atom stereocenters. The van der Waals surface area contributed by atoms with E-state index in [1.165, 1.54) is 23.9 Å². The van der Waals surface area contributed by atoms with Crippen LogP contribution in [0.25, 0.3) is 0 Å². The summed E-state index contributed by atoms with van der Waals surface area (Å²) >= 11 is 6.93. The zero-order valence-electron chi connectivity index (χ0n) is 7.64. The van der Waals surface area contributed by atoms with Gasteiger partial charge in [-0.1, -0.05) is 0 Å². The van der Waals surface area contributed by atoms with Crippen LogP contribution in [-0.4, -0.2) is 16.6 Å². The number of benzene rings is 1. The topological polar surface area (TPSA) is 66.9 Å². The molecule has 78 valence electrons. The van der Waals surface area contributed by atoms with Gasteiger partial charge < -0.3 is 0 Å². The third-order valence-corrected chi connectivity index (χ3v) is 3.12. The average Bonchev–Trinajstić information content (AvgIpc) is 2.25. The Labute approximate surface area is 96.0 Å². The SMILES string of the molecule is N#Cc1cc([N+](=O)[O-])ccc1SCCCl.